The van der Waals surface area contributed by atoms with Crippen LogP contribution >= 0.6 is 39.5 Å². The third-order valence-electron chi connectivity index (χ3n) is 3.65. The molecule has 2 aromatic rings. The van der Waals surface area contributed by atoms with E-state index in [2.05, 4.69) is 52.9 Å². The first kappa shape index (κ1) is 23.1. The van der Waals surface area contributed by atoms with E-state index in [0.717, 1.165) is 14.9 Å². The third kappa shape index (κ3) is 7.96. The fourth-order valence-corrected chi connectivity index (χ4v) is 3.38. The minimum absolute atomic E-state index is 0.0153. The van der Waals surface area contributed by atoms with Gasteiger partial charge in [0.1, 0.15) is 5.75 Å². The Kier molecular flexibility index (Phi) is 8.36. The molecule has 0 saturated heterocycles. The summed E-state index contributed by atoms with van der Waals surface area (Å²) in [6.45, 7) is 6.14. The third-order valence-corrected chi connectivity index (χ3v) is 5.31. The average Bonchev–Trinajstić information content (AvgIpc) is 3.16. The quantitative estimate of drug-likeness (QED) is 0.332. The van der Waals surface area contributed by atoms with E-state index < -0.39 is 11.8 Å². The lowest BCUT2D eigenvalue weighted by Crippen LogP contribution is -2.49. The van der Waals surface area contributed by atoms with Gasteiger partial charge in [-0.05, 0) is 68.8 Å². The molecule has 0 atom stereocenters. The first-order valence-electron chi connectivity index (χ1n) is 8.69. The zero-order valence-corrected chi connectivity index (χ0v) is 19.5. The predicted molar refractivity (Wildman–Crippen MR) is 124 cm³/mol. The molecule has 29 heavy (non-hydrogen) atoms. The highest BCUT2D eigenvalue weighted by molar-refractivity contribution is 9.10. The van der Waals surface area contributed by atoms with Gasteiger partial charge in [-0.2, -0.15) is 0 Å². The molecule has 0 bridgehead atoms. The lowest BCUT2D eigenvalue weighted by molar-refractivity contribution is -0.123. The van der Waals surface area contributed by atoms with Gasteiger partial charge in [0.25, 0.3) is 5.91 Å². The summed E-state index contributed by atoms with van der Waals surface area (Å²) in [5, 5.41) is 4.33. The minimum Gasteiger partial charge on any atom is -0.483 e. The van der Waals surface area contributed by atoms with Crippen molar-refractivity contribution >= 4 is 62.5 Å². The molecule has 1 aromatic heterocycles. The Morgan fingerprint density at radius 2 is 2.00 bits per heavy atom. The van der Waals surface area contributed by atoms with Gasteiger partial charge in [-0.1, -0.05) is 32.9 Å². The van der Waals surface area contributed by atoms with Crippen molar-refractivity contribution in [3.63, 3.8) is 0 Å². The number of amides is 2. The Balaban J connectivity index is 1.74. The Morgan fingerprint density at radius 3 is 2.62 bits per heavy atom. The summed E-state index contributed by atoms with van der Waals surface area (Å²) in [5.74, 6) is -0.283. The zero-order valence-electron chi connectivity index (χ0n) is 16.2. The molecule has 2 amide bonds. The van der Waals surface area contributed by atoms with Crippen molar-refractivity contribution in [3.05, 3.63) is 56.7 Å². The number of hydrogen-bond donors (Lipinski definition) is 3. The Hall–Kier alpha value is -2.23. The van der Waals surface area contributed by atoms with Crippen LogP contribution in [0.3, 0.4) is 0 Å². The summed E-state index contributed by atoms with van der Waals surface area (Å²) in [5.41, 5.74) is 6.00. The van der Waals surface area contributed by atoms with Gasteiger partial charge in [0.15, 0.2) is 11.7 Å². The number of carbonyl (C=O) groups is 2. The van der Waals surface area contributed by atoms with Crippen molar-refractivity contribution in [2.75, 3.05) is 6.61 Å². The molecule has 6 nitrogen and oxygen atoms in total. The van der Waals surface area contributed by atoms with Crippen LogP contribution in [0.1, 0.15) is 31.2 Å². The summed E-state index contributed by atoms with van der Waals surface area (Å²) in [6.07, 6.45) is 3.04. The Bertz CT molecular complexity index is 906. The van der Waals surface area contributed by atoms with Gasteiger partial charge < -0.3 is 4.74 Å². The fraction of sp³-hybridized carbons (Fsp3) is 0.250. The van der Waals surface area contributed by atoms with Crippen LogP contribution in [0.25, 0.3) is 6.08 Å². The Labute approximate surface area is 187 Å². The summed E-state index contributed by atoms with van der Waals surface area (Å²) < 4.78 is 6.29. The van der Waals surface area contributed by atoms with Crippen LogP contribution in [-0.2, 0) is 15.0 Å². The summed E-state index contributed by atoms with van der Waals surface area (Å²) in [7, 11) is 0. The van der Waals surface area contributed by atoms with Crippen LogP contribution < -0.4 is 20.9 Å². The molecular weight excluding hydrogens is 474 g/mol. The Morgan fingerprint density at radius 1 is 1.24 bits per heavy atom. The normalized spacial score (nSPS) is 11.2. The van der Waals surface area contributed by atoms with Crippen molar-refractivity contribution in [2.45, 2.75) is 26.2 Å². The summed E-state index contributed by atoms with van der Waals surface area (Å²) in [6, 6.07) is 9.53. The molecule has 3 N–H and O–H groups in total. The van der Waals surface area contributed by atoms with Crippen LogP contribution in [0.5, 0.6) is 5.75 Å². The summed E-state index contributed by atoms with van der Waals surface area (Å²) >= 11 is 9.95. The van der Waals surface area contributed by atoms with E-state index in [1.54, 1.807) is 6.08 Å². The SMILES string of the molecule is CC(C)(C)c1ccc(OCC(=O)NNC(=S)NC(=O)C=Cc2cccs2)c(Br)c1. The molecule has 0 fully saturated rings. The number of nitrogens with one attached hydrogen (secondary N) is 3. The number of halogens is 1. The van der Waals surface area contributed by atoms with E-state index in [1.807, 2.05) is 35.7 Å². The van der Waals surface area contributed by atoms with Crippen molar-refractivity contribution in [2.24, 2.45) is 0 Å². The van der Waals surface area contributed by atoms with E-state index in [4.69, 9.17) is 17.0 Å². The number of hydrazine groups is 1. The maximum Gasteiger partial charge on any atom is 0.276 e. The lowest BCUT2D eigenvalue weighted by Gasteiger charge is -2.20. The van der Waals surface area contributed by atoms with Gasteiger partial charge in [-0.25, -0.2) is 0 Å². The molecule has 2 rings (SSSR count). The van der Waals surface area contributed by atoms with Crippen LogP contribution in [0.15, 0.2) is 46.3 Å². The van der Waals surface area contributed by atoms with E-state index in [-0.39, 0.29) is 17.1 Å². The number of thiocarbonyl (C=S) groups is 1. The highest BCUT2D eigenvalue weighted by atomic mass is 79.9. The number of benzene rings is 1. The van der Waals surface area contributed by atoms with Gasteiger partial charge in [0.05, 0.1) is 4.47 Å². The topological polar surface area (TPSA) is 79.5 Å². The second kappa shape index (κ2) is 10.5. The molecular formula is C20H22BrN3O3S2. The molecule has 1 heterocycles. The van der Waals surface area contributed by atoms with Crippen LogP contribution in [-0.4, -0.2) is 23.5 Å². The molecule has 0 radical (unpaired) electrons. The van der Waals surface area contributed by atoms with Gasteiger partial charge in [-0.3, -0.25) is 25.8 Å². The van der Waals surface area contributed by atoms with Gasteiger partial charge in [-0.15, -0.1) is 11.3 Å². The van der Waals surface area contributed by atoms with E-state index >= 15 is 0 Å². The monoisotopic (exact) mass is 495 g/mol. The van der Waals surface area contributed by atoms with Crippen LogP contribution in [0.4, 0.5) is 0 Å². The van der Waals surface area contributed by atoms with E-state index in [9.17, 15) is 9.59 Å². The van der Waals surface area contributed by atoms with Gasteiger partial charge in [0, 0.05) is 11.0 Å². The number of carbonyl (C=O) groups excluding carboxylic acids is 2. The zero-order chi connectivity index (χ0) is 21.4. The molecule has 9 heteroatoms. The average molecular weight is 496 g/mol. The number of hydrogen-bond acceptors (Lipinski definition) is 5. The molecule has 154 valence electrons. The van der Waals surface area contributed by atoms with Gasteiger partial charge >= 0.3 is 0 Å². The molecule has 0 unspecified atom stereocenters. The maximum absolute atomic E-state index is 11.9. The highest BCUT2D eigenvalue weighted by Crippen LogP contribution is 2.31. The number of rotatable bonds is 5. The highest BCUT2D eigenvalue weighted by Gasteiger charge is 2.15. The molecule has 0 aliphatic carbocycles. The number of thiophene rings is 1. The lowest BCUT2D eigenvalue weighted by atomic mass is 9.87. The van der Waals surface area contributed by atoms with Crippen molar-refractivity contribution in [1.82, 2.24) is 16.2 Å². The minimum atomic E-state index is -0.442. The van der Waals surface area contributed by atoms with Crippen molar-refractivity contribution < 1.29 is 14.3 Å². The second-order valence-corrected chi connectivity index (χ2v) is 9.27. The van der Waals surface area contributed by atoms with Crippen LogP contribution in [0, 0.1) is 0 Å². The molecule has 0 aliphatic heterocycles. The fourth-order valence-electron chi connectivity index (χ4n) is 2.12. The van der Waals surface area contributed by atoms with Crippen molar-refractivity contribution in [1.29, 1.82) is 0 Å². The molecule has 0 saturated carbocycles. The summed E-state index contributed by atoms with van der Waals surface area (Å²) in [4.78, 5) is 24.7. The first-order chi connectivity index (χ1) is 13.6. The van der Waals surface area contributed by atoms with E-state index in [1.165, 1.54) is 17.4 Å². The van der Waals surface area contributed by atoms with E-state index in [0.29, 0.717) is 5.75 Å². The number of ether oxygens (including phenoxy) is 1. The second-order valence-electron chi connectivity index (χ2n) is 7.02. The largest absolute Gasteiger partial charge is 0.483 e. The molecule has 0 aliphatic rings. The van der Waals surface area contributed by atoms with Gasteiger partial charge in [0.2, 0.25) is 5.91 Å². The standard InChI is InChI=1S/C20H22BrN3O3S2/c1-20(2,3)13-6-8-16(15(21)11-13)27-12-18(26)23-24-19(28)22-17(25)9-7-14-5-4-10-29-14/h4-11H,12H2,1-3H3,(H,23,26)(H2,22,24,25,28). The first-order valence-corrected chi connectivity index (χ1v) is 10.8. The molecule has 0 spiro atoms. The van der Waals surface area contributed by atoms with Crippen LogP contribution in [0.2, 0.25) is 0 Å². The maximum atomic E-state index is 11.9. The predicted octanol–water partition coefficient (Wildman–Crippen LogP) is 3.92. The molecule has 1 aromatic carbocycles. The smallest absolute Gasteiger partial charge is 0.276 e. The van der Waals surface area contributed by atoms with Crippen molar-refractivity contribution in [3.8, 4) is 5.75 Å².